The Morgan fingerprint density at radius 1 is 1.19 bits per heavy atom. The summed E-state index contributed by atoms with van der Waals surface area (Å²) in [4.78, 5) is 18.1. The van der Waals surface area contributed by atoms with E-state index < -0.39 is 12.1 Å². The number of benzene rings is 2. The van der Waals surface area contributed by atoms with Crippen molar-refractivity contribution in [3.8, 4) is 5.75 Å². The zero-order chi connectivity index (χ0) is 19.0. The third kappa shape index (κ3) is 2.84. The molecule has 1 aliphatic heterocycles. The molecule has 7 nitrogen and oxygen atoms in total. The van der Waals surface area contributed by atoms with Crippen LogP contribution in [0.3, 0.4) is 0 Å². The predicted octanol–water partition coefficient (Wildman–Crippen LogP) is 3.54. The first kappa shape index (κ1) is 16.9. The van der Waals surface area contributed by atoms with E-state index in [2.05, 4.69) is 4.99 Å². The molecule has 2 aromatic carbocycles. The lowest BCUT2D eigenvalue weighted by Gasteiger charge is -2.34. The van der Waals surface area contributed by atoms with Gasteiger partial charge in [0.25, 0.3) is 0 Å². The van der Waals surface area contributed by atoms with E-state index in [1.807, 2.05) is 24.3 Å². The van der Waals surface area contributed by atoms with Crippen molar-refractivity contribution < 1.29 is 19.1 Å². The van der Waals surface area contributed by atoms with Gasteiger partial charge in [0, 0.05) is 11.3 Å². The lowest BCUT2D eigenvalue weighted by molar-refractivity contribution is 0.0696. The number of furan rings is 1. The van der Waals surface area contributed by atoms with Crippen molar-refractivity contribution in [2.75, 3.05) is 12.0 Å². The second-order valence-electron chi connectivity index (χ2n) is 5.98. The normalized spacial score (nSPS) is 15.9. The van der Waals surface area contributed by atoms with Gasteiger partial charge in [-0.05, 0) is 36.4 Å². The first-order chi connectivity index (χ1) is 13.1. The van der Waals surface area contributed by atoms with Crippen molar-refractivity contribution in [3.63, 3.8) is 0 Å². The zero-order valence-corrected chi connectivity index (χ0v) is 14.5. The largest absolute Gasteiger partial charge is 0.497 e. The van der Waals surface area contributed by atoms with E-state index in [4.69, 9.17) is 14.9 Å². The summed E-state index contributed by atoms with van der Waals surface area (Å²) in [6.45, 7) is 0. The van der Waals surface area contributed by atoms with Crippen LogP contribution >= 0.6 is 0 Å². The summed E-state index contributed by atoms with van der Waals surface area (Å²) < 4.78 is 10.7. The van der Waals surface area contributed by atoms with Crippen molar-refractivity contribution in [1.82, 2.24) is 0 Å². The number of amidine groups is 1. The summed E-state index contributed by atoms with van der Waals surface area (Å²) >= 11 is 0. The number of nitrogens with two attached hydrogens (primary N) is 1. The molecule has 1 aliphatic rings. The Hall–Kier alpha value is -3.58. The van der Waals surface area contributed by atoms with Crippen molar-refractivity contribution in [3.05, 3.63) is 77.6 Å². The topological polar surface area (TPSA) is 101 Å². The number of carboxylic acids is 1. The van der Waals surface area contributed by atoms with Gasteiger partial charge < -0.3 is 24.9 Å². The molecule has 0 spiro atoms. The van der Waals surface area contributed by atoms with Crippen LogP contribution in [0.4, 0.5) is 11.6 Å². The van der Waals surface area contributed by atoms with Crippen LogP contribution in [0.5, 0.6) is 5.75 Å². The van der Waals surface area contributed by atoms with Crippen molar-refractivity contribution >= 4 is 23.4 Å². The maximum Gasteiger partial charge on any atom is 0.336 e. The number of anilines is 1. The summed E-state index contributed by atoms with van der Waals surface area (Å²) in [6.07, 6.45) is 0.938. The number of ether oxygens (including phenoxy) is 1. The molecule has 0 fully saturated rings. The lowest BCUT2D eigenvalue weighted by Crippen LogP contribution is -2.42. The van der Waals surface area contributed by atoms with Gasteiger partial charge in [0.05, 0.1) is 24.5 Å². The average Bonchev–Trinajstić information content (AvgIpc) is 3.17. The Morgan fingerprint density at radius 3 is 2.63 bits per heavy atom. The molecule has 136 valence electrons. The van der Waals surface area contributed by atoms with Crippen LogP contribution in [-0.4, -0.2) is 24.0 Å². The molecule has 0 saturated carbocycles. The van der Waals surface area contributed by atoms with E-state index in [0.717, 1.165) is 11.3 Å². The number of hydrogen-bond donors (Lipinski definition) is 2. The van der Waals surface area contributed by atoms with Gasteiger partial charge in [0.2, 0.25) is 5.88 Å². The molecule has 1 aromatic heterocycles. The van der Waals surface area contributed by atoms with Crippen LogP contribution in [0.25, 0.3) is 0 Å². The highest BCUT2D eigenvalue weighted by molar-refractivity contribution is 6.16. The Kier molecular flexibility index (Phi) is 4.13. The SMILES string of the molecule is COc1ccc(N2C(c3ccccc3C(=O)O)=Nc3occc3C2N)cc1. The molecule has 1 atom stereocenters. The quantitative estimate of drug-likeness (QED) is 0.735. The molecule has 2 heterocycles. The molecule has 7 heteroatoms. The summed E-state index contributed by atoms with van der Waals surface area (Å²) in [5.41, 5.74) is 8.57. The summed E-state index contributed by atoms with van der Waals surface area (Å²) in [7, 11) is 1.59. The smallest absolute Gasteiger partial charge is 0.336 e. The van der Waals surface area contributed by atoms with Crippen molar-refractivity contribution in [1.29, 1.82) is 0 Å². The number of methoxy groups -OCH3 is 1. The minimum Gasteiger partial charge on any atom is -0.497 e. The van der Waals surface area contributed by atoms with Gasteiger partial charge in [-0.2, -0.15) is 4.99 Å². The van der Waals surface area contributed by atoms with Crippen LogP contribution < -0.4 is 15.4 Å². The van der Waals surface area contributed by atoms with Crippen LogP contribution in [0, 0.1) is 0 Å². The van der Waals surface area contributed by atoms with E-state index in [1.165, 1.54) is 12.3 Å². The van der Waals surface area contributed by atoms with Gasteiger partial charge >= 0.3 is 5.97 Å². The molecule has 4 rings (SSSR count). The monoisotopic (exact) mass is 363 g/mol. The molecule has 0 aliphatic carbocycles. The number of carbonyl (C=O) groups is 1. The number of rotatable bonds is 4. The van der Waals surface area contributed by atoms with Gasteiger partial charge in [-0.25, -0.2) is 4.79 Å². The van der Waals surface area contributed by atoms with Gasteiger partial charge in [-0.15, -0.1) is 0 Å². The third-order valence-electron chi connectivity index (χ3n) is 4.46. The Labute approximate surface area is 155 Å². The second kappa shape index (κ2) is 6.62. The molecular formula is C20H17N3O4. The van der Waals surface area contributed by atoms with Crippen LogP contribution in [0.2, 0.25) is 0 Å². The minimum atomic E-state index is -1.04. The number of aromatic carboxylic acids is 1. The molecule has 3 aromatic rings. The average molecular weight is 363 g/mol. The van der Waals surface area contributed by atoms with Gasteiger partial charge in [0.15, 0.2) is 0 Å². The molecule has 0 saturated heterocycles. The zero-order valence-electron chi connectivity index (χ0n) is 14.5. The fraction of sp³-hybridized carbons (Fsp3) is 0.100. The lowest BCUT2D eigenvalue weighted by atomic mass is 10.0. The summed E-state index contributed by atoms with van der Waals surface area (Å²) in [5.74, 6) is 0.454. The fourth-order valence-corrected chi connectivity index (χ4v) is 3.13. The minimum absolute atomic E-state index is 0.136. The first-order valence-electron chi connectivity index (χ1n) is 8.28. The van der Waals surface area contributed by atoms with E-state index >= 15 is 0 Å². The first-order valence-corrected chi connectivity index (χ1v) is 8.28. The fourth-order valence-electron chi connectivity index (χ4n) is 3.13. The molecule has 0 bridgehead atoms. The molecule has 0 amide bonds. The van der Waals surface area contributed by atoms with E-state index in [-0.39, 0.29) is 5.56 Å². The number of carboxylic acid groups (broad SMARTS) is 1. The van der Waals surface area contributed by atoms with Gasteiger partial charge in [-0.3, -0.25) is 0 Å². The molecular weight excluding hydrogens is 346 g/mol. The second-order valence-corrected chi connectivity index (χ2v) is 5.98. The third-order valence-corrected chi connectivity index (χ3v) is 4.46. The van der Waals surface area contributed by atoms with Gasteiger partial charge in [-0.1, -0.05) is 18.2 Å². The standard InChI is InChI=1S/C20H17N3O4/c1-26-13-8-6-12(7-9-13)23-17(21)16-10-11-27-19(16)22-18(23)14-4-2-3-5-15(14)20(24)25/h2-11,17H,21H2,1H3,(H,24,25). The number of fused-ring (bicyclic) bond motifs is 1. The van der Waals surface area contributed by atoms with Crippen LogP contribution in [0.1, 0.15) is 27.7 Å². The van der Waals surface area contributed by atoms with Crippen LogP contribution in [0.15, 0.2) is 70.3 Å². The molecule has 0 radical (unpaired) electrons. The van der Waals surface area contributed by atoms with Crippen LogP contribution in [-0.2, 0) is 0 Å². The molecule has 1 unspecified atom stereocenters. The Bertz CT molecular complexity index is 1020. The highest BCUT2D eigenvalue weighted by Gasteiger charge is 2.33. The van der Waals surface area contributed by atoms with E-state index in [1.54, 1.807) is 36.3 Å². The summed E-state index contributed by atoms with van der Waals surface area (Å²) in [6, 6.07) is 15.8. The number of aliphatic imine (C=N–C) groups is 1. The highest BCUT2D eigenvalue weighted by Crippen LogP contribution is 2.38. The van der Waals surface area contributed by atoms with Gasteiger partial charge in [0.1, 0.15) is 17.8 Å². The van der Waals surface area contributed by atoms with E-state index in [0.29, 0.717) is 23.0 Å². The highest BCUT2D eigenvalue weighted by atomic mass is 16.5. The van der Waals surface area contributed by atoms with E-state index in [9.17, 15) is 9.90 Å². The molecule has 3 N–H and O–H groups in total. The summed E-state index contributed by atoms with van der Waals surface area (Å²) in [5, 5.41) is 9.60. The van der Waals surface area contributed by atoms with Crippen molar-refractivity contribution in [2.45, 2.75) is 6.17 Å². The number of hydrogen-bond acceptors (Lipinski definition) is 6. The Morgan fingerprint density at radius 2 is 1.93 bits per heavy atom. The Balaban J connectivity index is 1.91. The number of nitrogens with zero attached hydrogens (tertiary/aromatic N) is 2. The predicted molar refractivity (Wildman–Crippen MR) is 101 cm³/mol. The maximum atomic E-state index is 11.7. The van der Waals surface area contributed by atoms with Crippen molar-refractivity contribution in [2.24, 2.45) is 10.7 Å². The molecule has 27 heavy (non-hydrogen) atoms. The maximum absolute atomic E-state index is 11.7.